The first-order chi connectivity index (χ1) is 18.0. The Kier molecular flexibility index (Phi) is 8.02. The first-order valence-electron chi connectivity index (χ1n) is 12.6. The molecule has 192 valence electrons. The molecule has 0 atom stereocenters. The summed E-state index contributed by atoms with van der Waals surface area (Å²) in [7, 11) is 1.64. The number of ether oxygens (including phenoxy) is 1. The molecule has 2 aliphatic heterocycles. The number of methoxy groups -OCH3 is 1. The minimum Gasteiger partial charge on any atom is -0.385 e. The molecule has 2 fully saturated rings. The second kappa shape index (κ2) is 11.6. The number of piperidine rings is 1. The van der Waals surface area contributed by atoms with Gasteiger partial charge in [0.1, 0.15) is 15.8 Å². The van der Waals surface area contributed by atoms with E-state index in [2.05, 4.69) is 29.2 Å². The fourth-order valence-corrected chi connectivity index (χ4v) is 6.24. The normalized spacial score (nSPS) is 17.9. The van der Waals surface area contributed by atoms with Gasteiger partial charge in [-0.1, -0.05) is 60.4 Å². The van der Waals surface area contributed by atoms with Gasteiger partial charge in [0.2, 0.25) is 0 Å². The van der Waals surface area contributed by atoms with Crippen LogP contribution < -0.4 is 10.5 Å². The van der Waals surface area contributed by atoms with Crippen LogP contribution >= 0.6 is 24.0 Å². The van der Waals surface area contributed by atoms with Crippen LogP contribution in [-0.2, 0) is 16.0 Å². The van der Waals surface area contributed by atoms with Crippen molar-refractivity contribution < 1.29 is 9.53 Å². The van der Waals surface area contributed by atoms with E-state index >= 15 is 0 Å². The van der Waals surface area contributed by atoms with Crippen LogP contribution in [0.15, 0.2) is 64.4 Å². The van der Waals surface area contributed by atoms with E-state index in [1.807, 2.05) is 24.3 Å². The van der Waals surface area contributed by atoms with Crippen molar-refractivity contribution >= 4 is 51.7 Å². The van der Waals surface area contributed by atoms with E-state index in [0.717, 1.165) is 32.4 Å². The molecule has 2 aliphatic rings. The quantitative estimate of drug-likeness (QED) is 0.241. The first kappa shape index (κ1) is 25.6. The first-order valence-corrected chi connectivity index (χ1v) is 13.8. The standard InChI is InChI=1S/C28H30N4O3S2/c1-35-17-7-14-32-27(34)23(37-28(32)36)19-22-25(29-24-10-5-6-13-31(24)26(22)33)30-15-11-21(12-16-30)18-20-8-3-2-4-9-20/h2-6,8-10,13,19,21H,7,11-12,14-18H2,1H3/b23-19+. The Morgan fingerprint density at radius 1 is 1.11 bits per heavy atom. The summed E-state index contributed by atoms with van der Waals surface area (Å²) < 4.78 is 7.16. The molecule has 0 unspecified atom stereocenters. The summed E-state index contributed by atoms with van der Waals surface area (Å²) in [5.74, 6) is 1.06. The van der Waals surface area contributed by atoms with Gasteiger partial charge in [-0.3, -0.25) is 18.9 Å². The summed E-state index contributed by atoms with van der Waals surface area (Å²) in [6, 6.07) is 16.1. The highest BCUT2D eigenvalue weighted by Gasteiger charge is 2.33. The minimum absolute atomic E-state index is 0.170. The zero-order chi connectivity index (χ0) is 25.8. The van der Waals surface area contributed by atoms with Gasteiger partial charge in [0, 0.05) is 39.5 Å². The lowest BCUT2D eigenvalue weighted by atomic mass is 9.90. The lowest BCUT2D eigenvalue weighted by Gasteiger charge is -2.33. The van der Waals surface area contributed by atoms with Crippen LogP contribution in [0.5, 0.6) is 0 Å². The Morgan fingerprint density at radius 2 is 1.86 bits per heavy atom. The zero-order valence-corrected chi connectivity index (χ0v) is 22.5. The van der Waals surface area contributed by atoms with Crippen LogP contribution in [0, 0.1) is 5.92 Å². The third-order valence-electron chi connectivity index (χ3n) is 6.91. The number of amides is 1. The summed E-state index contributed by atoms with van der Waals surface area (Å²) in [6.07, 6.45) is 7.20. The number of aromatic nitrogens is 2. The molecule has 0 bridgehead atoms. The van der Waals surface area contributed by atoms with Crippen molar-refractivity contribution in [3.8, 4) is 0 Å². The van der Waals surface area contributed by atoms with Gasteiger partial charge in [-0.15, -0.1) is 0 Å². The number of hydrogen-bond donors (Lipinski definition) is 0. The lowest BCUT2D eigenvalue weighted by molar-refractivity contribution is -0.122. The molecule has 7 nitrogen and oxygen atoms in total. The largest absolute Gasteiger partial charge is 0.385 e. The summed E-state index contributed by atoms with van der Waals surface area (Å²) >= 11 is 6.71. The Balaban J connectivity index is 1.43. The Morgan fingerprint density at radius 3 is 2.62 bits per heavy atom. The second-order valence-electron chi connectivity index (χ2n) is 9.38. The molecule has 0 aliphatic carbocycles. The van der Waals surface area contributed by atoms with Crippen molar-refractivity contribution in [1.82, 2.24) is 14.3 Å². The lowest BCUT2D eigenvalue weighted by Crippen LogP contribution is -2.37. The predicted octanol–water partition coefficient (Wildman–Crippen LogP) is 4.39. The molecular weight excluding hydrogens is 504 g/mol. The summed E-state index contributed by atoms with van der Waals surface area (Å²) in [5, 5.41) is 0. The van der Waals surface area contributed by atoms with Crippen LogP contribution in [0.1, 0.15) is 30.4 Å². The van der Waals surface area contributed by atoms with Gasteiger partial charge in [0.05, 0.1) is 10.5 Å². The molecule has 37 heavy (non-hydrogen) atoms. The molecule has 0 N–H and O–H groups in total. The van der Waals surface area contributed by atoms with Crippen molar-refractivity contribution in [3.63, 3.8) is 0 Å². The molecule has 2 saturated heterocycles. The van der Waals surface area contributed by atoms with Crippen molar-refractivity contribution in [3.05, 3.63) is 81.1 Å². The smallest absolute Gasteiger partial charge is 0.267 e. The maximum Gasteiger partial charge on any atom is 0.267 e. The number of anilines is 1. The van der Waals surface area contributed by atoms with Gasteiger partial charge in [0.25, 0.3) is 11.5 Å². The van der Waals surface area contributed by atoms with Crippen molar-refractivity contribution in [2.24, 2.45) is 5.92 Å². The highest BCUT2D eigenvalue weighted by molar-refractivity contribution is 8.26. The number of benzene rings is 1. The fraction of sp³-hybridized carbons (Fsp3) is 0.357. The van der Waals surface area contributed by atoms with E-state index in [1.54, 1.807) is 24.3 Å². The summed E-state index contributed by atoms with van der Waals surface area (Å²) in [6.45, 7) is 2.67. The molecule has 0 saturated carbocycles. The number of carbonyl (C=O) groups is 1. The molecule has 1 aromatic carbocycles. The van der Waals surface area contributed by atoms with E-state index in [1.165, 1.54) is 21.7 Å². The van der Waals surface area contributed by atoms with E-state index in [0.29, 0.717) is 51.7 Å². The van der Waals surface area contributed by atoms with Crippen LogP contribution in [0.2, 0.25) is 0 Å². The van der Waals surface area contributed by atoms with Crippen LogP contribution in [-0.4, -0.2) is 57.9 Å². The molecule has 5 rings (SSSR count). The number of hydrogen-bond acceptors (Lipinski definition) is 7. The van der Waals surface area contributed by atoms with Crippen LogP contribution in [0.25, 0.3) is 11.7 Å². The average Bonchev–Trinajstić information content (AvgIpc) is 3.19. The van der Waals surface area contributed by atoms with Crippen molar-refractivity contribution in [1.29, 1.82) is 0 Å². The number of pyridine rings is 1. The molecular formula is C28H30N4O3S2. The van der Waals surface area contributed by atoms with Crippen molar-refractivity contribution in [2.75, 3.05) is 38.3 Å². The van der Waals surface area contributed by atoms with Crippen LogP contribution in [0.4, 0.5) is 5.82 Å². The van der Waals surface area contributed by atoms with Crippen molar-refractivity contribution in [2.45, 2.75) is 25.7 Å². The van der Waals surface area contributed by atoms with E-state index < -0.39 is 0 Å². The van der Waals surface area contributed by atoms with Crippen LogP contribution in [0.3, 0.4) is 0 Å². The van der Waals surface area contributed by atoms with E-state index in [9.17, 15) is 9.59 Å². The maximum absolute atomic E-state index is 13.6. The minimum atomic E-state index is -0.184. The van der Waals surface area contributed by atoms with E-state index in [4.69, 9.17) is 21.9 Å². The zero-order valence-electron chi connectivity index (χ0n) is 20.8. The molecule has 9 heteroatoms. The monoisotopic (exact) mass is 534 g/mol. The Labute approximate surface area is 226 Å². The van der Waals surface area contributed by atoms with Gasteiger partial charge in [-0.05, 0) is 55.4 Å². The van der Waals surface area contributed by atoms with Gasteiger partial charge < -0.3 is 9.64 Å². The summed E-state index contributed by atoms with van der Waals surface area (Å²) in [5.41, 5.74) is 2.20. The third kappa shape index (κ3) is 5.63. The number of nitrogens with zero attached hydrogens (tertiary/aromatic N) is 4. The number of thioether (sulfide) groups is 1. The highest BCUT2D eigenvalue weighted by Crippen LogP contribution is 2.34. The van der Waals surface area contributed by atoms with Gasteiger partial charge in [0.15, 0.2) is 0 Å². The average molecular weight is 535 g/mol. The molecule has 2 aromatic heterocycles. The fourth-order valence-electron chi connectivity index (χ4n) is 4.95. The maximum atomic E-state index is 13.6. The van der Waals surface area contributed by atoms with Gasteiger partial charge >= 0.3 is 0 Å². The number of rotatable bonds is 8. The SMILES string of the molecule is COCCCN1C(=O)/C(=C\c2c(N3CCC(Cc4ccccc4)CC3)nc3ccccn3c2=O)SC1=S. The van der Waals surface area contributed by atoms with Gasteiger partial charge in [-0.2, -0.15) is 0 Å². The molecule has 0 radical (unpaired) electrons. The highest BCUT2D eigenvalue weighted by atomic mass is 32.2. The summed E-state index contributed by atoms with van der Waals surface area (Å²) in [4.78, 5) is 35.9. The van der Waals surface area contributed by atoms with E-state index in [-0.39, 0.29) is 11.5 Å². The molecule has 4 heterocycles. The number of fused-ring (bicyclic) bond motifs is 1. The molecule has 0 spiro atoms. The Hall–Kier alpha value is -3.01. The predicted molar refractivity (Wildman–Crippen MR) is 153 cm³/mol. The third-order valence-corrected chi connectivity index (χ3v) is 8.29. The molecule has 3 aromatic rings. The number of carbonyl (C=O) groups excluding carboxylic acids is 1. The number of thiocarbonyl (C=S) groups is 1. The molecule has 1 amide bonds. The second-order valence-corrected chi connectivity index (χ2v) is 11.1. The van der Waals surface area contributed by atoms with Gasteiger partial charge in [-0.25, -0.2) is 4.98 Å². The topological polar surface area (TPSA) is 67.2 Å². The Bertz CT molecular complexity index is 1380.